The van der Waals surface area contributed by atoms with E-state index < -0.39 is 5.97 Å². The number of carboxylic acid groups (broad SMARTS) is 1. The minimum Gasteiger partial charge on any atom is -0.480 e. The fourth-order valence-corrected chi connectivity index (χ4v) is 2.13. The standard InChI is InChI=1S/C11H22N2O2/c1-2-6-13-7-3-4-10(5-8-13)12-9-11(14)15/h10,12H,2-9H2,1H3,(H,14,15). The first-order valence-corrected chi connectivity index (χ1v) is 5.90. The Kier molecular flexibility index (Phi) is 5.65. The van der Waals surface area contributed by atoms with Crippen LogP contribution in [0, 0.1) is 0 Å². The molecule has 0 aromatic rings. The molecule has 15 heavy (non-hydrogen) atoms. The summed E-state index contributed by atoms with van der Waals surface area (Å²) < 4.78 is 0. The van der Waals surface area contributed by atoms with Gasteiger partial charge in [0.15, 0.2) is 0 Å². The number of hydrogen-bond acceptors (Lipinski definition) is 3. The predicted octanol–water partition coefficient (Wildman–Crippen LogP) is 0.925. The minimum atomic E-state index is -0.760. The van der Waals surface area contributed by atoms with E-state index in [1.807, 2.05) is 0 Å². The normalized spacial score (nSPS) is 23.7. The van der Waals surface area contributed by atoms with Crippen molar-refractivity contribution in [2.45, 2.75) is 38.6 Å². The number of hydrogen-bond donors (Lipinski definition) is 2. The Morgan fingerprint density at radius 3 is 2.93 bits per heavy atom. The molecule has 0 aromatic carbocycles. The third kappa shape index (κ3) is 5.14. The summed E-state index contributed by atoms with van der Waals surface area (Å²) in [7, 11) is 0. The molecule has 0 aliphatic carbocycles. The van der Waals surface area contributed by atoms with Gasteiger partial charge in [0.25, 0.3) is 0 Å². The Morgan fingerprint density at radius 2 is 2.27 bits per heavy atom. The zero-order valence-electron chi connectivity index (χ0n) is 9.54. The van der Waals surface area contributed by atoms with Crippen LogP contribution in [0.1, 0.15) is 32.6 Å². The highest BCUT2D eigenvalue weighted by atomic mass is 16.4. The lowest BCUT2D eigenvalue weighted by Gasteiger charge is -2.19. The first kappa shape index (κ1) is 12.5. The zero-order valence-corrected chi connectivity index (χ0v) is 9.54. The lowest BCUT2D eigenvalue weighted by atomic mass is 10.1. The number of carboxylic acids is 1. The number of nitrogens with one attached hydrogen (secondary N) is 1. The summed E-state index contributed by atoms with van der Waals surface area (Å²) in [5, 5.41) is 11.7. The fourth-order valence-electron chi connectivity index (χ4n) is 2.13. The van der Waals surface area contributed by atoms with Crippen molar-refractivity contribution in [2.24, 2.45) is 0 Å². The van der Waals surface area contributed by atoms with Crippen LogP contribution >= 0.6 is 0 Å². The summed E-state index contributed by atoms with van der Waals surface area (Å²) >= 11 is 0. The van der Waals surface area contributed by atoms with Gasteiger partial charge in [-0.25, -0.2) is 0 Å². The molecule has 0 radical (unpaired) electrons. The van der Waals surface area contributed by atoms with Gasteiger partial charge in [-0.2, -0.15) is 0 Å². The molecule has 0 aromatic heterocycles. The SMILES string of the molecule is CCCN1CCCC(NCC(=O)O)CC1. The van der Waals surface area contributed by atoms with Crippen molar-refractivity contribution in [2.75, 3.05) is 26.2 Å². The summed E-state index contributed by atoms with van der Waals surface area (Å²) in [6.07, 6.45) is 4.56. The molecule has 1 aliphatic heterocycles. The van der Waals surface area contributed by atoms with Gasteiger partial charge >= 0.3 is 5.97 Å². The van der Waals surface area contributed by atoms with Crippen LogP contribution < -0.4 is 5.32 Å². The quantitative estimate of drug-likeness (QED) is 0.714. The summed E-state index contributed by atoms with van der Waals surface area (Å²) in [6, 6.07) is 0.392. The fraction of sp³-hybridized carbons (Fsp3) is 0.909. The second-order valence-corrected chi connectivity index (χ2v) is 4.24. The van der Waals surface area contributed by atoms with Gasteiger partial charge in [-0.15, -0.1) is 0 Å². The summed E-state index contributed by atoms with van der Waals surface area (Å²) in [6.45, 7) is 5.74. The molecule has 1 rings (SSSR count). The monoisotopic (exact) mass is 214 g/mol. The van der Waals surface area contributed by atoms with Gasteiger partial charge in [-0.05, 0) is 45.3 Å². The summed E-state index contributed by atoms with van der Waals surface area (Å²) in [5.74, 6) is -0.760. The van der Waals surface area contributed by atoms with Crippen molar-refractivity contribution < 1.29 is 9.90 Å². The van der Waals surface area contributed by atoms with Gasteiger partial charge in [0.05, 0.1) is 6.54 Å². The third-order valence-corrected chi connectivity index (χ3v) is 2.90. The van der Waals surface area contributed by atoms with E-state index in [4.69, 9.17) is 5.11 Å². The maximum absolute atomic E-state index is 10.4. The molecule has 0 bridgehead atoms. The number of rotatable bonds is 5. The maximum atomic E-state index is 10.4. The van der Waals surface area contributed by atoms with Crippen molar-refractivity contribution in [3.8, 4) is 0 Å². The average molecular weight is 214 g/mol. The van der Waals surface area contributed by atoms with E-state index in [1.54, 1.807) is 0 Å². The highest BCUT2D eigenvalue weighted by molar-refractivity contribution is 5.69. The molecule has 1 aliphatic rings. The minimum absolute atomic E-state index is 0.0957. The molecule has 0 spiro atoms. The van der Waals surface area contributed by atoms with Crippen LogP contribution in [0.2, 0.25) is 0 Å². The van der Waals surface area contributed by atoms with Gasteiger partial charge in [0, 0.05) is 6.04 Å². The molecule has 1 unspecified atom stereocenters. The Bertz CT molecular complexity index is 197. The zero-order chi connectivity index (χ0) is 11.1. The van der Waals surface area contributed by atoms with E-state index in [1.165, 1.54) is 25.9 Å². The Morgan fingerprint density at radius 1 is 1.47 bits per heavy atom. The highest BCUT2D eigenvalue weighted by Crippen LogP contribution is 2.10. The molecule has 88 valence electrons. The smallest absolute Gasteiger partial charge is 0.317 e. The van der Waals surface area contributed by atoms with Crippen molar-refractivity contribution in [1.82, 2.24) is 10.2 Å². The van der Waals surface area contributed by atoms with E-state index in [-0.39, 0.29) is 6.54 Å². The Hall–Kier alpha value is -0.610. The number of nitrogens with zero attached hydrogens (tertiary/aromatic N) is 1. The molecule has 1 heterocycles. The largest absolute Gasteiger partial charge is 0.480 e. The van der Waals surface area contributed by atoms with E-state index in [9.17, 15) is 4.79 Å². The van der Waals surface area contributed by atoms with Crippen LogP contribution in [-0.2, 0) is 4.79 Å². The van der Waals surface area contributed by atoms with E-state index >= 15 is 0 Å². The molecule has 0 amide bonds. The van der Waals surface area contributed by atoms with E-state index in [2.05, 4.69) is 17.1 Å². The molecular weight excluding hydrogens is 192 g/mol. The molecular formula is C11H22N2O2. The number of carbonyl (C=O) groups is 1. The van der Waals surface area contributed by atoms with Crippen LogP contribution in [0.5, 0.6) is 0 Å². The average Bonchev–Trinajstić information content (AvgIpc) is 2.41. The van der Waals surface area contributed by atoms with Crippen molar-refractivity contribution >= 4 is 5.97 Å². The van der Waals surface area contributed by atoms with Crippen molar-refractivity contribution in [3.05, 3.63) is 0 Å². The molecule has 1 atom stereocenters. The van der Waals surface area contributed by atoms with E-state index in [0.717, 1.165) is 19.4 Å². The molecule has 1 fully saturated rings. The summed E-state index contributed by atoms with van der Waals surface area (Å²) in [4.78, 5) is 12.9. The lowest BCUT2D eigenvalue weighted by Crippen LogP contribution is -2.34. The highest BCUT2D eigenvalue weighted by Gasteiger charge is 2.16. The number of likely N-dealkylation sites (tertiary alicyclic amines) is 1. The Balaban J connectivity index is 2.23. The lowest BCUT2D eigenvalue weighted by molar-refractivity contribution is -0.136. The van der Waals surface area contributed by atoms with Crippen molar-refractivity contribution in [3.63, 3.8) is 0 Å². The van der Waals surface area contributed by atoms with Crippen LogP contribution in [0.15, 0.2) is 0 Å². The van der Waals surface area contributed by atoms with Crippen LogP contribution in [0.3, 0.4) is 0 Å². The maximum Gasteiger partial charge on any atom is 0.317 e. The molecule has 1 saturated heterocycles. The van der Waals surface area contributed by atoms with Crippen LogP contribution in [0.4, 0.5) is 0 Å². The third-order valence-electron chi connectivity index (χ3n) is 2.90. The van der Waals surface area contributed by atoms with Gasteiger partial charge in [0.1, 0.15) is 0 Å². The van der Waals surface area contributed by atoms with Gasteiger partial charge in [-0.3, -0.25) is 4.79 Å². The first-order valence-electron chi connectivity index (χ1n) is 5.90. The van der Waals surface area contributed by atoms with Crippen molar-refractivity contribution in [1.29, 1.82) is 0 Å². The number of aliphatic carboxylic acids is 1. The molecule has 4 nitrogen and oxygen atoms in total. The van der Waals surface area contributed by atoms with Gasteiger partial charge < -0.3 is 15.3 Å². The van der Waals surface area contributed by atoms with Crippen LogP contribution in [-0.4, -0.2) is 48.2 Å². The topological polar surface area (TPSA) is 52.6 Å². The van der Waals surface area contributed by atoms with Crippen LogP contribution in [0.25, 0.3) is 0 Å². The molecule has 0 saturated carbocycles. The predicted molar refractivity (Wildman–Crippen MR) is 60.0 cm³/mol. The van der Waals surface area contributed by atoms with Gasteiger partial charge in [-0.1, -0.05) is 6.92 Å². The first-order chi connectivity index (χ1) is 7.22. The van der Waals surface area contributed by atoms with Gasteiger partial charge in [0.2, 0.25) is 0 Å². The molecule has 4 heteroatoms. The molecule has 2 N–H and O–H groups in total. The Labute approximate surface area is 91.6 Å². The second kappa shape index (κ2) is 6.80. The summed E-state index contributed by atoms with van der Waals surface area (Å²) in [5.41, 5.74) is 0. The van der Waals surface area contributed by atoms with E-state index in [0.29, 0.717) is 6.04 Å². The second-order valence-electron chi connectivity index (χ2n) is 4.24.